The lowest BCUT2D eigenvalue weighted by Gasteiger charge is -2.26. The van der Waals surface area contributed by atoms with Crippen molar-refractivity contribution < 1.29 is 19.0 Å². The number of halogens is 1. The van der Waals surface area contributed by atoms with Crippen LogP contribution in [0.4, 0.5) is 26.5 Å². The molecule has 4 N–H and O–H groups in total. The van der Waals surface area contributed by atoms with E-state index >= 15 is 0 Å². The predicted molar refractivity (Wildman–Crippen MR) is 119 cm³/mol. The molecule has 3 aromatic heterocycles. The number of nitriles is 1. The van der Waals surface area contributed by atoms with Crippen molar-refractivity contribution in [2.24, 2.45) is 5.92 Å². The first-order valence-corrected chi connectivity index (χ1v) is 10.4. The summed E-state index contributed by atoms with van der Waals surface area (Å²) in [7, 11) is 1.47. The topological polar surface area (TPSA) is 163 Å². The second-order valence-electron chi connectivity index (χ2n) is 7.80. The van der Waals surface area contributed by atoms with Crippen LogP contribution in [0, 0.1) is 23.1 Å². The molecule has 3 heterocycles. The van der Waals surface area contributed by atoms with E-state index in [9.17, 15) is 14.4 Å². The van der Waals surface area contributed by atoms with Crippen molar-refractivity contribution in [3.63, 3.8) is 0 Å². The fourth-order valence-corrected chi connectivity index (χ4v) is 3.62. The minimum atomic E-state index is -1.16. The Balaban J connectivity index is 1.64. The zero-order valence-corrected chi connectivity index (χ0v) is 18.4. The Labute approximate surface area is 193 Å². The van der Waals surface area contributed by atoms with Gasteiger partial charge in [0.05, 0.1) is 43.0 Å². The first kappa shape index (κ1) is 22.7. The van der Waals surface area contributed by atoms with Crippen LogP contribution in [0.3, 0.4) is 0 Å². The summed E-state index contributed by atoms with van der Waals surface area (Å²) >= 11 is 0. The maximum Gasteiger partial charge on any atom is 0.404 e. The molecule has 1 fully saturated rings. The Hall–Kier alpha value is -4.47. The average Bonchev–Trinajstić information content (AvgIpc) is 3.50. The number of hydrogen-bond donors (Lipinski definition) is 4. The third kappa shape index (κ3) is 4.96. The molecule has 3 aromatic rings. The summed E-state index contributed by atoms with van der Waals surface area (Å²) in [4.78, 5) is 19.6. The van der Waals surface area contributed by atoms with Crippen molar-refractivity contribution in [1.82, 2.24) is 30.3 Å². The van der Waals surface area contributed by atoms with Crippen molar-refractivity contribution in [3.05, 3.63) is 42.1 Å². The number of carbonyl (C=O) groups is 1. The Bertz CT molecular complexity index is 1220. The van der Waals surface area contributed by atoms with Gasteiger partial charge in [-0.25, -0.2) is 23.8 Å². The van der Waals surface area contributed by atoms with Gasteiger partial charge in [0.2, 0.25) is 5.88 Å². The van der Waals surface area contributed by atoms with E-state index in [1.165, 1.54) is 24.2 Å². The van der Waals surface area contributed by atoms with Crippen LogP contribution in [0.15, 0.2) is 30.7 Å². The number of anilines is 3. The fourth-order valence-electron chi connectivity index (χ4n) is 3.62. The third-order valence-corrected chi connectivity index (χ3v) is 5.38. The van der Waals surface area contributed by atoms with E-state index < -0.39 is 18.0 Å². The highest BCUT2D eigenvalue weighted by atomic mass is 19.1. The molecule has 12 nitrogen and oxygen atoms in total. The second kappa shape index (κ2) is 9.57. The van der Waals surface area contributed by atoms with Gasteiger partial charge in [-0.05, 0) is 37.8 Å². The summed E-state index contributed by atoms with van der Waals surface area (Å²) < 4.78 is 21.5. The molecule has 2 atom stereocenters. The van der Waals surface area contributed by atoms with Gasteiger partial charge < -0.3 is 25.8 Å². The highest BCUT2D eigenvalue weighted by Gasteiger charge is 2.36. The molecule has 1 saturated carbocycles. The lowest BCUT2D eigenvalue weighted by molar-refractivity contribution is 0.188. The lowest BCUT2D eigenvalue weighted by atomic mass is 10.0. The van der Waals surface area contributed by atoms with Crippen molar-refractivity contribution in [2.75, 3.05) is 17.7 Å². The quantitative estimate of drug-likeness (QED) is 0.368. The molecule has 0 saturated heterocycles. The molecule has 1 aliphatic rings. The van der Waals surface area contributed by atoms with Gasteiger partial charge in [-0.2, -0.15) is 5.26 Å². The molecular weight excluding hydrogens is 445 g/mol. The van der Waals surface area contributed by atoms with Gasteiger partial charge in [-0.3, -0.25) is 0 Å². The SMILES string of the molecule is COc1ncc(Nc2nc(N[C@@H](C3CC3)[C@H](C)NC(=O)O)c(F)cc2C#N)cc1-n1ccnn1. The van der Waals surface area contributed by atoms with Crippen LogP contribution < -0.4 is 20.7 Å². The standard InChI is InChI=1S/C21H22FN9O3/c1-11(26-21(32)33)17(12-3-4-12)28-19-15(22)7-13(9-23)18(29-19)27-14-8-16(20(34-2)24-10-14)31-6-5-25-30-31/h5-8,10-12,17,26H,3-4H2,1-2H3,(H,32,33)(H2,27,28,29)/t11-,17+/m0/s1. The van der Waals surface area contributed by atoms with Crippen molar-refractivity contribution in [3.8, 4) is 17.6 Å². The summed E-state index contributed by atoms with van der Waals surface area (Å²) in [6, 6.07) is 3.84. The molecule has 176 valence electrons. The minimum Gasteiger partial charge on any atom is -0.479 e. The van der Waals surface area contributed by atoms with Crippen LogP contribution in [0.2, 0.25) is 0 Å². The number of nitrogens with zero attached hydrogens (tertiary/aromatic N) is 6. The number of ether oxygens (including phenoxy) is 1. The van der Waals surface area contributed by atoms with Gasteiger partial charge in [0.25, 0.3) is 0 Å². The van der Waals surface area contributed by atoms with Crippen LogP contribution in [-0.2, 0) is 0 Å². The molecule has 1 aliphatic carbocycles. The number of amides is 1. The number of carboxylic acid groups (broad SMARTS) is 1. The second-order valence-corrected chi connectivity index (χ2v) is 7.80. The van der Waals surface area contributed by atoms with E-state index in [0.29, 0.717) is 17.3 Å². The number of aromatic nitrogens is 5. The van der Waals surface area contributed by atoms with Gasteiger partial charge in [-0.1, -0.05) is 5.21 Å². The molecule has 4 rings (SSSR count). The van der Waals surface area contributed by atoms with Crippen LogP contribution in [0.1, 0.15) is 25.3 Å². The van der Waals surface area contributed by atoms with E-state index in [1.54, 1.807) is 19.2 Å². The maximum atomic E-state index is 14.8. The normalized spacial score (nSPS) is 14.5. The largest absolute Gasteiger partial charge is 0.479 e. The van der Waals surface area contributed by atoms with Crippen LogP contribution in [0.25, 0.3) is 5.69 Å². The zero-order chi connectivity index (χ0) is 24.2. The third-order valence-electron chi connectivity index (χ3n) is 5.38. The van der Waals surface area contributed by atoms with Crippen LogP contribution in [0.5, 0.6) is 5.88 Å². The molecule has 13 heteroatoms. The van der Waals surface area contributed by atoms with Crippen molar-refractivity contribution >= 4 is 23.4 Å². The summed E-state index contributed by atoms with van der Waals surface area (Å²) in [5.41, 5.74) is 0.930. The highest BCUT2D eigenvalue weighted by Crippen LogP contribution is 2.36. The number of hydrogen-bond acceptors (Lipinski definition) is 9. The Morgan fingerprint density at radius 1 is 1.38 bits per heavy atom. The monoisotopic (exact) mass is 467 g/mol. The fraction of sp³-hybridized carbons (Fsp3) is 0.333. The minimum absolute atomic E-state index is 0.0131. The molecule has 0 aliphatic heterocycles. The Kier molecular flexibility index (Phi) is 6.39. The molecule has 0 aromatic carbocycles. The average molecular weight is 467 g/mol. The summed E-state index contributed by atoms with van der Waals surface area (Å²) in [6.07, 6.45) is 5.23. The van der Waals surface area contributed by atoms with E-state index in [1.807, 2.05) is 6.07 Å². The van der Waals surface area contributed by atoms with Crippen LogP contribution >= 0.6 is 0 Å². The number of nitrogens with one attached hydrogen (secondary N) is 3. The smallest absolute Gasteiger partial charge is 0.404 e. The summed E-state index contributed by atoms with van der Waals surface area (Å²) in [6.45, 7) is 1.71. The highest BCUT2D eigenvalue weighted by molar-refractivity contribution is 5.67. The summed E-state index contributed by atoms with van der Waals surface area (Å²) in [5, 5.41) is 34.7. The lowest BCUT2D eigenvalue weighted by Crippen LogP contribution is -2.45. The first-order chi connectivity index (χ1) is 16.4. The van der Waals surface area contributed by atoms with E-state index in [4.69, 9.17) is 9.84 Å². The Morgan fingerprint density at radius 3 is 2.79 bits per heavy atom. The zero-order valence-electron chi connectivity index (χ0n) is 18.4. The van der Waals surface area contributed by atoms with Gasteiger partial charge in [0.1, 0.15) is 11.8 Å². The van der Waals surface area contributed by atoms with E-state index in [-0.39, 0.29) is 29.2 Å². The van der Waals surface area contributed by atoms with Crippen molar-refractivity contribution in [2.45, 2.75) is 31.8 Å². The molecule has 34 heavy (non-hydrogen) atoms. The van der Waals surface area contributed by atoms with E-state index in [0.717, 1.165) is 18.9 Å². The first-order valence-electron chi connectivity index (χ1n) is 10.4. The maximum absolute atomic E-state index is 14.8. The van der Waals surface area contributed by atoms with E-state index in [2.05, 4.69) is 36.2 Å². The number of rotatable bonds is 9. The predicted octanol–water partition coefficient (Wildman–Crippen LogP) is 2.67. The molecule has 1 amide bonds. The number of pyridine rings is 2. The van der Waals surface area contributed by atoms with Crippen molar-refractivity contribution in [1.29, 1.82) is 5.26 Å². The molecular formula is C21H22FN9O3. The Morgan fingerprint density at radius 2 is 2.18 bits per heavy atom. The van der Waals surface area contributed by atoms with Gasteiger partial charge in [0.15, 0.2) is 17.5 Å². The molecule has 0 radical (unpaired) electrons. The van der Waals surface area contributed by atoms with Gasteiger partial charge in [0, 0.05) is 6.04 Å². The van der Waals surface area contributed by atoms with Gasteiger partial charge >= 0.3 is 6.09 Å². The summed E-state index contributed by atoms with van der Waals surface area (Å²) in [5.74, 6) is -0.206. The molecule has 0 bridgehead atoms. The molecule has 0 spiro atoms. The molecule has 0 unspecified atom stereocenters. The van der Waals surface area contributed by atoms with Crippen LogP contribution in [-0.4, -0.2) is 55.4 Å². The van der Waals surface area contributed by atoms with Gasteiger partial charge in [-0.15, -0.1) is 5.10 Å². The number of methoxy groups -OCH3 is 1.